The van der Waals surface area contributed by atoms with Gasteiger partial charge in [0, 0.05) is 25.0 Å². The molecule has 0 bridgehead atoms. The third-order valence-electron chi connectivity index (χ3n) is 2.70. The first-order valence-electron chi connectivity index (χ1n) is 5.23. The number of hydrogen-bond donors (Lipinski definition) is 1. The van der Waals surface area contributed by atoms with Gasteiger partial charge in [0.05, 0.1) is 11.3 Å². The molecule has 0 saturated heterocycles. The number of nitrogens with zero attached hydrogens (tertiary/aromatic N) is 3. The number of H-pyrrole nitrogens is 1. The Hall–Kier alpha value is -2.04. The maximum absolute atomic E-state index is 11.6. The molecule has 1 aliphatic rings. The van der Waals surface area contributed by atoms with Crippen molar-refractivity contribution in [3.05, 3.63) is 29.8 Å². The Morgan fingerprint density at radius 1 is 1.25 bits per heavy atom. The van der Waals surface area contributed by atoms with Crippen molar-refractivity contribution < 1.29 is 4.79 Å². The van der Waals surface area contributed by atoms with E-state index in [4.69, 9.17) is 0 Å². The molecule has 0 spiro atoms. The summed E-state index contributed by atoms with van der Waals surface area (Å²) in [6.45, 7) is 0. The molecule has 0 aromatic carbocycles. The second-order valence-corrected chi connectivity index (χ2v) is 3.77. The summed E-state index contributed by atoms with van der Waals surface area (Å²) in [6.07, 6.45) is 7.32. The number of ketones is 1. The van der Waals surface area contributed by atoms with E-state index in [-0.39, 0.29) is 5.78 Å². The van der Waals surface area contributed by atoms with Crippen LogP contribution in [-0.2, 0) is 6.42 Å². The lowest BCUT2D eigenvalue weighted by Gasteiger charge is -2.12. The minimum atomic E-state index is 0.146. The largest absolute Gasteiger partial charge is 0.342 e. The molecule has 2 heterocycles. The van der Waals surface area contributed by atoms with Crippen molar-refractivity contribution in [3.63, 3.8) is 0 Å². The zero-order valence-electron chi connectivity index (χ0n) is 8.60. The van der Waals surface area contributed by atoms with Gasteiger partial charge in [0.25, 0.3) is 0 Å². The van der Waals surface area contributed by atoms with Crippen LogP contribution in [0.4, 0.5) is 0 Å². The predicted molar refractivity (Wildman–Crippen MR) is 56.9 cm³/mol. The highest BCUT2D eigenvalue weighted by atomic mass is 16.1. The van der Waals surface area contributed by atoms with Gasteiger partial charge in [-0.1, -0.05) is 0 Å². The van der Waals surface area contributed by atoms with Crippen LogP contribution in [0.2, 0.25) is 0 Å². The van der Waals surface area contributed by atoms with E-state index in [1.165, 1.54) is 0 Å². The van der Waals surface area contributed by atoms with E-state index in [9.17, 15) is 4.79 Å². The van der Waals surface area contributed by atoms with Gasteiger partial charge in [-0.25, -0.2) is 15.0 Å². The van der Waals surface area contributed by atoms with Gasteiger partial charge in [-0.3, -0.25) is 4.79 Å². The molecule has 1 N–H and O–H groups in total. The van der Waals surface area contributed by atoms with Crippen molar-refractivity contribution >= 4 is 5.78 Å². The first kappa shape index (κ1) is 9.21. The summed E-state index contributed by atoms with van der Waals surface area (Å²) in [7, 11) is 0. The summed E-state index contributed by atoms with van der Waals surface area (Å²) in [5.74, 6) is 1.34. The minimum absolute atomic E-state index is 0.146. The average Bonchev–Trinajstić information content (AvgIpc) is 2.82. The second-order valence-electron chi connectivity index (χ2n) is 3.77. The molecule has 16 heavy (non-hydrogen) atoms. The quantitative estimate of drug-likeness (QED) is 0.778. The number of aromatic nitrogens is 4. The van der Waals surface area contributed by atoms with Gasteiger partial charge < -0.3 is 4.98 Å². The number of rotatable bonds is 1. The molecule has 0 aliphatic heterocycles. The van der Waals surface area contributed by atoms with Gasteiger partial charge in [-0.2, -0.15) is 0 Å². The molecule has 0 fully saturated rings. The average molecular weight is 214 g/mol. The van der Waals surface area contributed by atoms with Crippen molar-refractivity contribution in [1.82, 2.24) is 19.9 Å². The van der Waals surface area contributed by atoms with Crippen molar-refractivity contribution in [3.8, 4) is 11.6 Å². The van der Waals surface area contributed by atoms with Gasteiger partial charge in [0.1, 0.15) is 0 Å². The molecular formula is C11H10N4O. The molecule has 0 saturated carbocycles. The van der Waals surface area contributed by atoms with E-state index in [1.54, 1.807) is 18.6 Å². The standard InChI is InChI=1S/C11H10N4O/c16-9-3-1-2-8-7(9)6-14-11(15-8)10-12-4-5-13-10/h4-6H,1-3H2,(H,12,13). The molecule has 80 valence electrons. The number of aryl methyl sites for hydroxylation is 1. The molecule has 3 rings (SSSR count). The zero-order chi connectivity index (χ0) is 11.0. The summed E-state index contributed by atoms with van der Waals surface area (Å²) < 4.78 is 0. The highest BCUT2D eigenvalue weighted by Crippen LogP contribution is 2.20. The fraction of sp³-hybridized carbons (Fsp3) is 0.273. The molecular weight excluding hydrogens is 204 g/mol. The van der Waals surface area contributed by atoms with Crippen LogP contribution in [0.15, 0.2) is 18.6 Å². The summed E-state index contributed by atoms with van der Waals surface area (Å²) >= 11 is 0. The van der Waals surface area contributed by atoms with Crippen LogP contribution in [0, 0.1) is 0 Å². The zero-order valence-corrected chi connectivity index (χ0v) is 8.60. The SMILES string of the molecule is O=C1CCCc2nc(-c3ncc[nH]3)ncc21. The number of nitrogens with one attached hydrogen (secondary N) is 1. The maximum atomic E-state index is 11.6. The van der Waals surface area contributed by atoms with Crippen molar-refractivity contribution in [1.29, 1.82) is 0 Å². The molecule has 1 aliphatic carbocycles. The Morgan fingerprint density at radius 2 is 2.19 bits per heavy atom. The molecule has 0 radical (unpaired) electrons. The highest BCUT2D eigenvalue weighted by molar-refractivity contribution is 5.97. The third kappa shape index (κ3) is 1.41. The van der Waals surface area contributed by atoms with Crippen molar-refractivity contribution in [2.24, 2.45) is 0 Å². The van der Waals surface area contributed by atoms with Gasteiger partial charge in [-0.05, 0) is 12.8 Å². The van der Waals surface area contributed by atoms with Crippen LogP contribution in [0.5, 0.6) is 0 Å². The van der Waals surface area contributed by atoms with Gasteiger partial charge >= 0.3 is 0 Å². The minimum Gasteiger partial charge on any atom is -0.342 e. The van der Waals surface area contributed by atoms with Crippen LogP contribution in [-0.4, -0.2) is 25.7 Å². The lowest BCUT2D eigenvalue weighted by atomic mass is 9.96. The molecule has 2 aromatic rings. The maximum Gasteiger partial charge on any atom is 0.195 e. The molecule has 5 heteroatoms. The van der Waals surface area contributed by atoms with Crippen molar-refractivity contribution in [2.45, 2.75) is 19.3 Å². The number of aromatic amines is 1. The Labute approximate surface area is 92.0 Å². The summed E-state index contributed by atoms with van der Waals surface area (Å²) in [5.41, 5.74) is 1.51. The van der Waals surface area contributed by atoms with Gasteiger partial charge in [0.2, 0.25) is 0 Å². The van der Waals surface area contributed by atoms with Crippen LogP contribution >= 0.6 is 0 Å². The molecule has 0 atom stereocenters. The highest BCUT2D eigenvalue weighted by Gasteiger charge is 2.19. The number of Topliss-reactive ketones (excluding diaryl/α,β-unsaturated/α-hetero) is 1. The number of carbonyl (C=O) groups is 1. The number of imidazole rings is 1. The van der Waals surface area contributed by atoms with E-state index in [1.807, 2.05) is 0 Å². The van der Waals surface area contributed by atoms with Crippen LogP contribution in [0.25, 0.3) is 11.6 Å². The van der Waals surface area contributed by atoms with Gasteiger partial charge in [-0.15, -0.1) is 0 Å². The molecule has 0 unspecified atom stereocenters. The van der Waals surface area contributed by atoms with E-state index in [2.05, 4.69) is 19.9 Å². The summed E-state index contributed by atoms with van der Waals surface area (Å²) in [6, 6.07) is 0. The Bertz CT molecular complexity index is 533. The van der Waals surface area contributed by atoms with Crippen LogP contribution in [0.3, 0.4) is 0 Å². The lowest BCUT2D eigenvalue weighted by molar-refractivity contribution is 0.0971. The van der Waals surface area contributed by atoms with E-state index in [0.29, 0.717) is 23.6 Å². The van der Waals surface area contributed by atoms with Crippen LogP contribution in [0.1, 0.15) is 28.9 Å². The topological polar surface area (TPSA) is 71.5 Å². The van der Waals surface area contributed by atoms with Crippen LogP contribution < -0.4 is 0 Å². The van der Waals surface area contributed by atoms with E-state index in [0.717, 1.165) is 18.5 Å². The van der Waals surface area contributed by atoms with E-state index < -0.39 is 0 Å². The van der Waals surface area contributed by atoms with Crippen molar-refractivity contribution in [2.75, 3.05) is 0 Å². The first-order chi connectivity index (χ1) is 7.84. The Morgan fingerprint density at radius 3 is 3.00 bits per heavy atom. The predicted octanol–water partition coefficient (Wildman–Crippen LogP) is 1.39. The summed E-state index contributed by atoms with van der Waals surface area (Å²) in [5, 5.41) is 0. The monoisotopic (exact) mass is 214 g/mol. The number of hydrogen-bond acceptors (Lipinski definition) is 4. The normalized spacial score (nSPS) is 14.9. The number of fused-ring (bicyclic) bond motifs is 1. The molecule has 5 nitrogen and oxygen atoms in total. The first-order valence-corrected chi connectivity index (χ1v) is 5.23. The second kappa shape index (κ2) is 3.52. The third-order valence-corrected chi connectivity index (χ3v) is 2.70. The number of carbonyl (C=O) groups excluding carboxylic acids is 1. The molecule has 2 aromatic heterocycles. The molecule has 0 amide bonds. The fourth-order valence-electron chi connectivity index (χ4n) is 1.89. The fourth-order valence-corrected chi connectivity index (χ4v) is 1.89. The van der Waals surface area contributed by atoms with Gasteiger partial charge in [0.15, 0.2) is 17.4 Å². The smallest absolute Gasteiger partial charge is 0.195 e. The van der Waals surface area contributed by atoms with E-state index >= 15 is 0 Å². The summed E-state index contributed by atoms with van der Waals surface area (Å²) in [4.78, 5) is 27.2. The lowest BCUT2D eigenvalue weighted by Crippen LogP contribution is -2.14. The Balaban J connectivity index is 2.08. The Kier molecular flexibility index (Phi) is 2.02.